The van der Waals surface area contributed by atoms with E-state index >= 15 is 0 Å². The van der Waals surface area contributed by atoms with Gasteiger partial charge < -0.3 is 13.6 Å². The molecule has 0 amide bonds. The van der Waals surface area contributed by atoms with Crippen molar-refractivity contribution in [2.24, 2.45) is 0 Å². The summed E-state index contributed by atoms with van der Waals surface area (Å²) in [6.07, 6.45) is 1.72. The van der Waals surface area contributed by atoms with Crippen molar-refractivity contribution < 1.29 is 13.6 Å². The maximum absolute atomic E-state index is 6.75. The minimum Gasteiger partial charge on any atom is -0.409 e. The molecule has 0 radical (unpaired) electrons. The lowest BCUT2D eigenvalue weighted by Gasteiger charge is -2.43. The van der Waals surface area contributed by atoms with Gasteiger partial charge in [0.15, 0.2) is 16.6 Å². The normalized spacial score (nSPS) is 29.8. The van der Waals surface area contributed by atoms with Crippen LogP contribution in [0.2, 0.25) is 36.3 Å². The van der Waals surface area contributed by atoms with Crippen LogP contribution < -0.4 is 0 Å². The van der Waals surface area contributed by atoms with Gasteiger partial charge in [0.2, 0.25) is 0 Å². The highest BCUT2D eigenvalue weighted by atomic mass is 28.4. The highest BCUT2D eigenvalue weighted by Gasteiger charge is 2.51. The van der Waals surface area contributed by atoms with Crippen molar-refractivity contribution >= 4 is 16.6 Å². The lowest BCUT2D eigenvalue weighted by molar-refractivity contribution is 0.0405. The predicted molar refractivity (Wildman–Crippen MR) is 109 cm³/mol. The van der Waals surface area contributed by atoms with Crippen LogP contribution in [-0.4, -0.2) is 41.1 Å². The molecule has 0 aliphatic carbocycles. The van der Waals surface area contributed by atoms with Crippen LogP contribution in [0.25, 0.3) is 0 Å². The van der Waals surface area contributed by atoms with Gasteiger partial charge in [0.1, 0.15) is 12.2 Å². The fraction of sp³-hybridized carbons (Fsp3) is 0.895. The third kappa shape index (κ3) is 4.61. The molecule has 1 fully saturated rings. The van der Waals surface area contributed by atoms with E-state index in [0.717, 1.165) is 0 Å². The molecule has 1 saturated heterocycles. The Balaban J connectivity index is 3.10. The van der Waals surface area contributed by atoms with E-state index in [4.69, 9.17) is 13.6 Å². The molecule has 0 spiro atoms. The van der Waals surface area contributed by atoms with E-state index in [1.165, 1.54) is 0 Å². The highest BCUT2D eigenvalue weighted by molar-refractivity contribution is 6.74. The summed E-state index contributed by atoms with van der Waals surface area (Å²) in [5, 5.41) is 0.326. The van der Waals surface area contributed by atoms with Crippen LogP contribution in [0, 0.1) is 0 Å². The third-order valence-electron chi connectivity index (χ3n) is 6.19. The molecule has 1 aliphatic heterocycles. The summed E-state index contributed by atoms with van der Waals surface area (Å²) in [5.74, 6) is 0. The molecule has 1 aliphatic rings. The fourth-order valence-corrected chi connectivity index (χ4v) is 5.04. The molecule has 5 heteroatoms. The lowest BCUT2D eigenvalue weighted by atomic mass is 10.1. The molecular weight excluding hydrogens is 332 g/mol. The minimum absolute atomic E-state index is 0.0249. The van der Waals surface area contributed by atoms with Crippen LogP contribution in [0.4, 0.5) is 0 Å². The Kier molecular flexibility index (Phi) is 6.43. The van der Waals surface area contributed by atoms with Gasteiger partial charge in [-0.3, -0.25) is 0 Å². The van der Waals surface area contributed by atoms with Gasteiger partial charge in [-0.05, 0) is 43.2 Å². The van der Waals surface area contributed by atoms with E-state index in [9.17, 15) is 0 Å². The van der Waals surface area contributed by atoms with Crippen molar-refractivity contribution in [3.63, 3.8) is 0 Å². The molecule has 0 bridgehead atoms. The zero-order valence-electron chi connectivity index (χ0n) is 17.8. The number of ether oxygens (including phenoxy) is 1. The molecule has 0 N–H and O–H groups in total. The van der Waals surface area contributed by atoms with Crippen molar-refractivity contribution in [2.45, 2.75) is 109 Å². The molecule has 1 rings (SSSR count). The van der Waals surface area contributed by atoms with Crippen LogP contribution >= 0.6 is 0 Å². The largest absolute Gasteiger partial charge is 0.409 e. The Hall–Kier alpha value is 0.0538. The summed E-state index contributed by atoms with van der Waals surface area (Å²) in [7, 11) is -3.81. The molecular formula is C19H40O3Si2. The van der Waals surface area contributed by atoms with Gasteiger partial charge in [0.25, 0.3) is 0 Å². The molecule has 0 saturated carbocycles. The van der Waals surface area contributed by atoms with Gasteiger partial charge in [0, 0.05) is 0 Å². The van der Waals surface area contributed by atoms with Gasteiger partial charge in [-0.2, -0.15) is 0 Å². The second-order valence-electron chi connectivity index (χ2n) is 10.2. The zero-order chi connectivity index (χ0) is 19.1. The lowest BCUT2D eigenvalue weighted by Crippen LogP contribution is -2.53. The summed E-state index contributed by atoms with van der Waals surface area (Å²) in [6, 6.07) is 0. The van der Waals surface area contributed by atoms with Crippen molar-refractivity contribution in [1.29, 1.82) is 0 Å². The molecule has 4 atom stereocenters. The molecule has 0 aromatic heterocycles. The molecule has 0 aromatic carbocycles. The van der Waals surface area contributed by atoms with E-state index < -0.39 is 16.6 Å². The quantitative estimate of drug-likeness (QED) is 0.455. The summed E-state index contributed by atoms with van der Waals surface area (Å²) in [4.78, 5) is 0. The van der Waals surface area contributed by atoms with Crippen molar-refractivity contribution in [2.75, 3.05) is 0 Å². The Morgan fingerprint density at radius 1 is 0.833 bits per heavy atom. The first-order valence-electron chi connectivity index (χ1n) is 9.17. The van der Waals surface area contributed by atoms with Crippen molar-refractivity contribution in [1.82, 2.24) is 0 Å². The Morgan fingerprint density at radius 2 is 1.21 bits per heavy atom. The van der Waals surface area contributed by atoms with E-state index in [-0.39, 0.29) is 34.5 Å². The first-order chi connectivity index (χ1) is 10.5. The van der Waals surface area contributed by atoms with Crippen LogP contribution in [-0.2, 0) is 13.6 Å². The maximum atomic E-state index is 6.75. The standard InChI is InChI=1S/C19H40O3Si2/c1-13-15-17(22-24(11,12)19(6,7)8)16(14(2)20-15)21-23(9,10)18(3,4)5/h13-17H,1H2,2-12H3/t14-,15+,16+,17+/m0/s1. The minimum atomic E-state index is -1.91. The van der Waals surface area contributed by atoms with Gasteiger partial charge in [-0.25, -0.2) is 0 Å². The molecule has 0 aromatic rings. The molecule has 1 heterocycles. The maximum Gasteiger partial charge on any atom is 0.192 e. The molecule has 3 nitrogen and oxygen atoms in total. The Labute approximate surface area is 152 Å². The second-order valence-corrected chi connectivity index (χ2v) is 19.7. The molecule has 0 unspecified atom stereocenters. The van der Waals surface area contributed by atoms with E-state index in [1.54, 1.807) is 0 Å². The van der Waals surface area contributed by atoms with Crippen LogP contribution in [0.5, 0.6) is 0 Å². The first kappa shape index (κ1) is 22.1. The third-order valence-corrected chi connectivity index (χ3v) is 15.1. The Morgan fingerprint density at radius 3 is 1.54 bits per heavy atom. The Bertz CT molecular complexity index is 447. The van der Waals surface area contributed by atoms with Gasteiger partial charge in [-0.15, -0.1) is 6.58 Å². The summed E-state index contributed by atoms with van der Waals surface area (Å²) in [6.45, 7) is 28.9. The van der Waals surface area contributed by atoms with Gasteiger partial charge in [0.05, 0.1) is 12.2 Å². The van der Waals surface area contributed by atoms with Crippen LogP contribution in [0.15, 0.2) is 12.7 Å². The van der Waals surface area contributed by atoms with Gasteiger partial charge in [-0.1, -0.05) is 47.6 Å². The fourth-order valence-electron chi connectivity index (χ4n) is 2.38. The van der Waals surface area contributed by atoms with Crippen molar-refractivity contribution in [3.8, 4) is 0 Å². The van der Waals surface area contributed by atoms with E-state index in [0.29, 0.717) is 0 Å². The number of hydrogen-bond acceptors (Lipinski definition) is 3. The first-order valence-corrected chi connectivity index (χ1v) is 15.0. The average molecular weight is 373 g/mol. The summed E-state index contributed by atoms with van der Waals surface area (Å²) < 4.78 is 19.6. The second kappa shape index (κ2) is 6.99. The summed E-state index contributed by atoms with van der Waals surface area (Å²) in [5.41, 5.74) is 0. The van der Waals surface area contributed by atoms with Crippen LogP contribution in [0.3, 0.4) is 0 Å². The smallest absolute Gasteiger partial charge is 0.192 e. The molecule has 142 valence electrons. The van der Waals surface area contributed by atoms with Crippen molar-refractivity contribution in [3.05, 3.63) is 12.7 Å². The summed E-state index contributed by atoms with van der Waals surface area (Å²) >= 11 is 0. The number of hydrogen-bond donors (Lipinski definition) is 0. The average Bonchev–Trinajstić information content (AvgIpc) is 2.63. The van der Waals surface area contributed by atoms with E-state index in [2.05, 4.69) is 81.2 Å². The van der Waals surface area contributed by atoms with Gasteiger partial charge >= 0.3 is 0 Å². The topological polar surface area (TPSA) is 27.7 Å². The zero-order valence-corrected chi connectivity index (χ0v) is 19.8. The van der Waals surface area contributed by atoms with E-state index in [1.807, 2.05) is 6.08 Å². The predicted octanol–water partition coefficient (Wildman–Crippen LogP) is 5.74. The monoisotopic (exact) mass is 372 g/mol. The molecule has 24 heavy (non-hydrogen) atoms. The number of rotatable bonds is 5. The SMILES string of the molecule is C=C[C@H]1O[C@@H](C)[C@@H](O[Si](C)(C)C(C)(C)C)[C@@H]1O[Si](C)(C)C(C)(C)C. The highest BCUT2D eigenvalue weighted by Crippen LogP contribution is 2.43. The van der Waals surface area contributed by atoms with Crippen LogP contribution in [0.1, 0.15) is 48.5 Å².